The van der Waals surface area contributed by atoms with Gasteiger partial charge >= 0.3 is 0 Å². The Morgan fingerprint density at radius 2 is 1.93 bits per heavy atom. The van der Waals surface area contributed by atoms with Gasteiger partial charge in [-0.25, -0.2) is 14.4 Å². The van der Waals surface area contributed by atoms with E-state index in [2.05, 4.69) is 75.2 Å². The lowest BCUT2D eigenvalue weighted by atomic mass is 9.93. The standard InChI is InChI=1S/C35H43ClFN7O/c1-9-30(45)42-16-23(6)43(17-22(42)5)34-26-15-27(36)32(31-28(37)11-10-12-29(31)38)40-35(26)44(19-39-34)33-21(4)13-24(18-41(7)8)14-25(33)20(2)3/h9-15,20,22-23H,1,16-19,38H2,2-8H3/t22-,23+/m1/s1. The maximum Gasteiger partial charge on any atom is 0.246 e. The molecule has 1 aromatic heterocycles. The Morgan fingerprint density at radius 3 is 2.58 bits per heavy atom. The number of nitrogens with two attached hydrogens (primary N) is 1. The highest BCUT2D eigenvalue weighted by atomic mass is 35.5. The molecule has 5 rings (SSSR count). The molecule has 8 nitrogen and oxygen atoms in total. The van der Waals surface area contributed by atoms with Gasteiger partial charge in [0.2, 0.25) is 5.91 Å². The Bertz CT molecular complexity index is 1650. The second-order valence-electron chi connectivity index (χ2n) is 12.7. The summed E-state index contributed by atoms with van der Waals surface area (Å²) in [4.78, 5) is 31.2. The van der Waals surface area contributed by atoms with Gasteiger partial charge in [-0.15, -0.1) is 0 Å². The topological polar surface area (TPSA) is 81.3 Å². The number of carbonyl (C=O) groups excluding carboxylic acids is 1. The van der Waals surface area contributed by atoms with Crippen LogP contribution < -0.4 is 10.6 Å². The first-order chi connectivity index (χ1) is 21.3. The first-order valence-electron chi connectivity index (χ1n) is 15.4. The Kier molecular flexibility index (Phi) is 9.23. The molecule has 0 saturated carbocycles. The Morgan fingerprint density at radius 1 is 1.20 bits per heavy atom. The average molecular weight is 632 g/mol. The second kappa shape index (κ2) is 12.8. The quantitative estimate of drug-likeness (QED) is 0.245. The lowest BCUT2D eigenvalue weighted by Gasteiger charge is -2.46. The van der Waals surface area contributed by atoms with Crippen molar-refractivity contribution < 1.29 is 9.18 Å². The van der Waals surface area contributed by atoms with Crippen molar-refractivity contribution in [2.45, 2.75) is 59.2 Å². The number of piperazine rings is 1. The maximum atomic E-state index is 15.3. The van der Waals surface area contributed by atoms with Crippen LogP contribution in [0, 0.1) is 12.7 Å². The van der Waals surface area contributed by atoms with Gasteiger partial charge in [-0.2, -0.15) is 0 Å². The number of aliphatic imine (C=N–C) groups is 1. The van der Waals surface area contributed by atoms with E-state index >= 15 is 4.39 Å². The third-order valence-corrected chi connectivity index (χ3v) is 8.88. The molecular formula is C35H43ClFN7O. The van der Waals surface area contributed by atoms with Crippen LogP contribution in [0.2, 0.25) is 5.02 Å². The van der Waals surface area contributed by atoms with Gasteiger partial charge in [0.15, 0.2) is 0 Å². The molecule has 2 N–H and O–H groups in total. The summed E-state index contributed by atoms with van der Waals surface area (Å²) in [5, 5.41) is 0.281. The number of benzene rings is 2. The number of nitrogen functional groups attached to an aromatic ring is 1. The molecule has 0 unspecified atom stereocenters. The summed E-state index contributed by atoms with van der Waals surface area (Å²) in [5.74, 6) is 1.04. The molecule has 10 heteroatoms. The molecule has 2 aromatic carbocycles. The summed E-state index contributed by atoms with van der Waals surface area (Å²) >= 11 is 6.92. The van der Waals surface area contributed by atoms with Crippen molar-refractivity contribution in [3.8, 4) is 11.3 Å². The van der Waals surface area contributed by atoms with Crippen molar-refractivity contribution in [1.82, 2.24) is 19.7 Å². The van der Waals surface area contributed by atoms with E-state index in [9.17, 15) is 4.79 Å². The number of amidine groups is 1. The van der Waals surface area contributed by atoms with Gasteiger partial charge in [-0.3, -0.25) is 4.79 Å². The monoisotopic (exact) mass is 631 g/mol. The molecule has 2 aliphatic rings. The molecular weight excluding hydrogens is 589 g/mol. The fourth-order valence-corrected chi connectivity index (χ4v) is 6.77. The minimum absolute atomic E-state index is 0.0257. The Hall–Kier alpha value is -3.95. The summed E-state index contributed by atoms with van der Waals surface area (Å²) in [6, 6.07) is 10.8. The summed E-state index contributed by atoms with van der Waals surface area (Å²) in [7, 11) is 4.13. The number of hydrogen-bond acceptors (Lipinski definition) is 7. The lowest BCUT2D eigenvalue weighted by molar-refractivity contribution is -0.130. The normalized spacial score (nSPS) is 18.4. The molecule has 1 fully saturated rings. The second-order valence-corrected chi connectivity index (χ2v) is 13.1. The largest absolute Gasteiger partial charge is 0.398 e. The average Bonchev–Trinajstić information content (AvgIpc) is 2.97. The number of aromatic nitrogens is 1. The van der Waals surface area contributed by atoms with E-state index < -0.39 is 5.82 Å². The zero-order chi connectivity index (χ0) is 32.7. The molecule has 45 heavy (non-hydrogen) atoms. The third-order valence-electron chi connectivity index (χ3n) is 8.59. The van der Waals surface area contributed by atoms with Crippen LogP contribution in [0.25, 0.3) is 11.3 Å². The molecule has 0 bridgehead atoms. The number of rotatable bonds is 6. The van der Waals surface area contributed by atoms with Crippen LogP contribution in [-0.4, -0.2) is 77.4 Å². The summed E-state index contributed by atoms with van der Waals surface area (Å²) in [6.07, 6.45) is 1.36. The zero-order valence-electron chi connectivity index (χ0n) is 27.2. The van der Waals surface area contributed by atoms with Crippen molar-refractivity contribution in [3.05, 3.63) is 82.1 Å². The van der Waals surface area contributed by atoms with E-state index in [1.165, 1.54) is 23.3 Å². The van der Waals surface area contributed by atoms with E-state index in [0.29, 0.717) is 25.6 Å². The van der Waals surface area contributed by atoms with Crippen LogP contribution in [0.3, 0.4) is 0 Å². The van der Waals surface area contributed by atoms with Gasteiger partial charge in [-0.1, -0.05) is 50.2 Å². The SMILES string of the molecule is C=CC(=O)N1C[C@H](C)N(C2=NCN(c3c(C)cc(CN(C)C)cc3C(C)C)c3nc(-c4c(N)cccc4F)c(Cl)cc32)C[C@H]1C. The minimum Gasteiger partial charge on any atom is -0.398 e. The van der Waals surface area contributed by atoms with Gasteiger partial charge in [0, 0.05) is 37.4 Å². The number of halogens is 2. The summed E-state index contributed by atoms with van der Waals surface area (Å²) in [6.45, 7) is 16.5. The minimum atomic E-state index is -0.488. The zero-order valence-corrected chi connectivity index (χ0v) is 28.0. The first-order valence-corrected chi connectivity index (χ1v) is 15.7. The first kappa shape index (κ1) is 32.4. The highest BCUT2D eigenvalue weighted by Gasteiger charge is 2.37. The van der Waals surface area contributed by atoms with Gasteiger partial charge in [0.25, 0.3) is 0 Å². The fourth-order valence-electron chi connectivity index (χ4n) is 6.52. The van der Waals surface area contributed by atoms with Crippen LogP contribution in [0.15, 0.2) is 54.0 Å². The number of carbonyl (C=O) groups is 1. The number of nitrogens with zero attached hydrogens (tertiary/aromatic N) is 6. The van der Waals surface area contributed by atoms with E-state index in [4.69, 9.17) is 27.3 Å². The smallest absolute Gasteiger partial charge is 0.246 e. The Labute approximate surface area is 271 Å². The summed E-state index contributed by atoms with van der Waals surface area (Å²) in [5.41, 5.74) is 12.3. The molecule has 238 valence electrons. The van der Waals surface area contributed by atoms with Gasteiger partial charge in [0.1, 0.15) is 24.1 Å². The van der Waals surface area contributed by atoms with E-state index in [1.807, 2.05) is 17.9 Å². The number of hydrogen-bond donors (Lipinski definition) is 1. The molecule has 2 atom stereocenters. The highest BCUT2D eigenvalue weighted by Crippen LogP contribution is 2.43. The van der Waals surface area contributed by atoms with Crippen molar-refractivity contribution in [3.63, 3.8) is 0 Å². The molecule has 1 saturated heterocycles. The van der Waals surface area contributed by atoms with Gasteiger partial charge in [-0.05, 0) is 81.7 Å². The molecule has 0 spiro atoms. The number of amides is 1. The van der Waals surface area contributed by atoms with Crippen LogP contribution in [0.5, 0.6) is 0 Å². The van der Waals surface area contributed by atoms with Crippen molar-refractivity contribution in [2.24, 2.45) is 4.99 Å². The molecule has 1 amide bonds. The van der Waals surface area contributed by atoms with E-state index in [-0.39, 0.29) is 45.9 Å². The van der Waals surface area contributed by atoms with Crippen molar-refractivity contribution >= 4 is 40.5 Å². The maximum absolute atomic E-state index is 15.3. The predicted molar refractivity (Wildman–Crippen MR) is 183 cm³/mol. The lowest BCUT2D eigenvalue weighted by Crippen LogP contribution is -2.59. The van der Waals surface area contributed by atoms with Gasteiger partial charge in [0.05, 0.1) is 27.5 Å². The Balaban J connectivity index is 1.70. The van der Waals surface area contributed by atoms with E-state index in [0.717, 1.165) is 29.2 Å². The van der Waals surface area contributed by atoms with Crippen LogP contribution in [0.1, 0.15) is 55.9 Å². The predicted octanol–water partition coefficient (Wildman–Crippen LogP) is 6.58. The molecule has 3 aromatic rings. The van der Waals surface area contributed by atoms with E-state index in [1.54, 1.807) is 12.1 Å². The third kappa shape index (κ3) is 6.16. The fraction of sp³-hybridized carbons (Fsp3) is 0.400. The summed E-state index contributed by atoms with van der Waals surface area (Å²) < 4.78 is 15.3. The molecule has 0 aliphatic carbocycles. The molecule has 2 aliphatic heterocycles. The van der Waals surface area contributed by atoms with Crippen LogP contribution >= 0.6 is 11.6 Å². The van der Waals surface area contributed by atoms with Crippen LogP contribution in [0.4, 0.5) is 21.6 Å². The number of aryl methyl sites for hydroxylation is 1. The van der Waals surface area contributed by atoms with Crippen molar-refractivity contribution in [2.75, 3.05) is 44.5 Å². The molecule has 3 heterocycles. The number of fused-ring (bicyclic) bond motifs is 1. The number of pyridine rings is 1. The molecule has 0 radical (unpaired) electrons. The van der Waals surface area contributed by atoms with Gasteiger partial charge < -0.3 is 25.3 Å². The number of anilines is 3. The van der Waals surface area contributed by atoms with Crippen molar-refractivity contribution in [1.29, 1.82) is 0 Å². The highest BCUT2D eigenvalue weighted by molar-refractivity contribution is 6.34. The van der Waals surface area contributed by atoms with Crippen LogP contribution in [-0.2, 0) is 11.3 Å².